The molecule has 0 amide bonds. The highest BCUT2D eigenvalue weighted by atomic mass is 32.2. The lowest BCUT2D eigenvalue weighted by Crippen LogP contribution is -2.34. The molecular weight excluding hydrogens is 276 g/mol. The molecule has 2 heterocycles. The molecule has 0 bridgehead atoms. The van der Waals surface area contributed by atoms with Gasteiger partial charge in [0.2, 0.25) is 10.0 Å². The summed E-state index contributed by atoms with van der Waals surface area (Å²) in [6.07, 6.45) is 5.67. The van der Waals surface area contributed by atoms with Crippen LogP contribution in [0.2, 0.25) is 0 Å². The highest BCUT2D eigenvalue weighted by molar-refractivity contribution is 7.89. The van der Waals surface area contributed by atoms with Gasteiger partial charge in [-0.1, -0.05) is 19.1 Å². The van der Waals surface area contributed by atoms with Crippen LogP contribution >= 0.6 is 0 Å². The van der Waals surface area contributed by atoms with Gasteiger partial charge < -0.3 is 5.32 Å². The van der Waals surface area contributed by atoms with Crippen molar-refractivity contribution in [1.82, 2.24) is 19.8 Å². The number of hydrogen-bond acceptors (Lipinski definition) is 4. The molecule has 1 aliphatic rings. The number of aryl methyl sites for hydroxylation is 1. The highest BCUT2D eigenvalue weighted by Gasteiger charge is 2.30. The van der Waals surface area contributed by atoms with E-state index in [0.29, 0.717) is 35.9 Å². The molecule has 2 rings (SSSR count). The van der Waals surface area contributed by atoms with Gasteiger partial charge >= 0.3 is 0 Å². The zero-order valence-corrected chi connectivity index (χ0v) is 12.8. The first-order chi connectivity index (χ1) is 9.57. The van der Waals surface area contributed by atoms with Gasteiger partial charge in [-0.2, -0.15) is 9.40 Å². The molecule has 7 heteroatoms. The standard InChI is InChI=1S/C13H22N4O2S/c1-3-7-14-10-12-13(11(2)15-16-12)20(18,19)17-8-5-4-6-9-17/h4-5,14H,3,6-10H2,1-2H3,(H,15,16). The summed E-state index contributed by atoms with van der Waals surface area (Å²) in [6, 6.07) is 0. The summed E-state index contributed by atoms with van der Waals surface area (Å²) in [6.45, 7) is 6.11. The van der Waals surface area contributed by atoms with Gasteiger partial charge in [0.05, 0.1) is 11.4 Å². The van der Waals surface area contributed by atoms with E-state index in [-0.39, 0.29) is 0 Å². The van der Waals surface area contributed by atoms with Gasteiger partial charge in [-0.3, -0.25) is 5.10 Å². The summed E-state index contributed by atoms with van der Waals surface area (Å²) in [5.41, 5.74) is 1.18. The largest absolute Gasteiger partial charge is 0.311 e. The molecule has 6 nitrogen and oxygen atoms in total. The number of hydrogen-bond donors (Lipinski definition) is 2. The molecule has 1 aromatic heterocycles. The van der Waals surface area contributed by atoms with Crippen molar-refractivity contribution < 1.29 is 8.42 Å². The van der Waals surface area contributed by atoms with E-state index in [4.69, 9.17) is 0 Å². The van der Waals surface area contributed by atoms with Crippen molar-refractivity contribution in [3.63, 3.8) is 0 Å². The topological polar surface area (TPSA) is 78.1 Å². The van der Waals surface area contributed by atoms with E-state index in [1.165, 1.54) is 4.31 Å². The van der Waals surface area contributed by atoms with Crippen LogP contribution in [0.1, 0.15) is 31.2 Å². The minimum Gasteiger partial charge on any atom is -0.311 e. The van der Waals surface area contributed by atoms with Gasteiger partial charge in [0.15, 0.2) is 0 Å². The maximum Gasteiger partial charge on any atom is 0.247 e. The molecule has 2 N–H and O–H groups in total. The number of H-pyrrole nitrogens is 1. The van der Waals surface area contributed by atoms with Crippen molar-refractivity contribution >= 4 is 10.0 Å². The summed E-state index contributed by atoms with van der Waals surface area (Å²) >= 11 is 0. The average Bonchev–Trinajstić information content (AvgIpc) is 2.82. The fraction of sp³-hybridized carbons (Fsp3) is 0.615. The highest BCUT2D eigenvalue weighted by Crippen LogP contribution is 2.23. The minimum absolute atomic E-state index is 0.330. The molecule has 0 aromatic carbocycles. The van der Waals surface area contributed by atoms with Crippen molar-refractivity contribution in [1.29, 1.82) is 0 Å². The quantitative estimate of drug-likeness (QED) is 0.610. The average molecular weight is 298 g/mol. The molecule has 0 saturated heterocycles. The smallest absolute Gasteiger partial charge is 0.247 e. The van der Waals surface area contributed by atoms with Crippen LogP contribution in [-0.4, -0.2) is 42.6 Å². The van der Waals surface area contributed by atoms with E-state index in [1.807, 2.05) is 12.2 Å². The third-order valence-corrected chi connectivity index (χ3v) is 5.37. The molecule has 0 atom stereocenters. The normalized spacial score (nSPS) is 16.7. The molecule has 0 spiro atoms. The van der Waals surface area contributed by atoms with Crippen molar-refractivity contribution in [3.8, 4) is 0 Å². The minimum atomic E-state index is -3.47. The predicted octanol–water partition coefficient (Wildman–Crippen LogP) is 1.17. The van der Waals surface area contributed by atoms with Crippen molar-refractivity contribution in [2.24, 2.45) is 0 Å². The Hall–Kier alpha value is -1.18. The van der Waals surface area contributed by atoms with Crippen LogP contribution in [0.4, 0.5) is 0 Å². The predicted molar refractivity (Wildman–Crippen MR) is 77.8 cm³/mol. The monoisotopic (exact) mass is 298 g/mol. The number of sulfonamides is 1. The lowest BCUT2D eigenvalue weighted by Gasteiger charge is -2.23. The van der Waals surface area contributed by atoms with Crippen LogP contribution in [0.25, 0.3) is 0 Å². The Kier molecular flexibility index (Phi) is 4.95. The van der Waals surface area contributed by atoms with E-state index in [2.05, 4.69) is 22.4 Å². The summed E-state index contributed by atoms with van der Waals surface area (Å²) < 4.78 is 27.0. The second kappa shape index (κ2) is 6.51. The first-order valence-corrected chi connectivity index (χ1v) is 8.41. The molecule has 112 valence electrons. The van der Waals surface area contributed by atoms with Crippen LogP contribution in [0.15, 0.2) is 17.0 Å². The van der Waals surface area contributed by atoms with Crippen LogP contribution in [0.5, 0.6) is 0 Å². The van der Waals surface area contributed by atoms with Crippen molar-refractivity contribution in [3.05, 3.63) is 23.5 Å². The van der Waals surface area contributed by atoms with Gasteiger partial charge in [0.25, 0.3) is 0 Å². The Morgan fingerprint density at radius 1 is 1.45 bits per heavy atom. The van der Waals surface area contributed by atoms with Crippen LogP contribution < -0.4 is 5.32 Å². The van der Waals surface area contributed by atoms with Gasteiger partial charge in [-0.25, -0.2) is 8.42 Å². The lowest BCUT2D eigenvalue weighted by molar-refractivity contribution is 0.436. The number of nitrogens with zero attached hydrogens (tertiary/aromatic N) is 2. The Morgan fingerprint density at radius 2 is 2.25 bits per heavy atom. The molecule has 20 heavy (non-hydrogen) atoms. The number of aromatic nitrogens is 2. The second-order valence-electron chi connectivity index (χ2n) is 4.92. The summed E-state index contributed by atoms with van der Waals surface area (Å²) in [5.74, 6) is 0. The number of nitrogens with one attached hydrogen (secondary N) is 2. The Labute approximate surface area is 120 Å². The summed E-state index contributed by atoms with van der Waals surface area (Å²) in [7, 11) is -3.47. The van der Waals surface area contributed by atoms with Gasteiger partial charge in [-0.05, 0) is 26.3 Å². The molecule has 0 radical (unpaired) electrons. The van der Waals surface area contributed by atoms with E-state index in [9.17, 15) is 8.42 Å². The molecule has 1 aromatic rings. The molecule has 0 aliphatic carbocycles. The maximum atomic E-state index is 12.7. The molecule has 0 unspecified atom stereocenters. The molecule has 1 aliphatic heterocycles. The summed E-state index contributed by atoms with van der Waals surface area (Å²) in [4.78, 5) is 0.330. The van der Waals surface area contributed by atoms with E-state index in [0.717, 1.165) is 19.4 Å². The van der Waals surface area contributed by atoms with E-state index < -0.39 is 10.0 Å². The van der Waals surface area contributed by atoms with Gasteiger partial charge in [0.1, 0.15) is 4.90 Å². The maximum absolute atomic E-state index is 12.7. The van der Waals surface area contributed by atoms with E-state index >= 15 is 0 Å². The number of aromatic amines is 1. The Balaban J connectivity index is 2.26. The summed E-state index contributed by atoms with van der Waals surface area (Å²) in [5, 5.41) is 10.1. The molecular formula is C13H22N4O2S. The fourth-order valence-corrected chi connectivity index (χ4v) is 4.02. The van der Waals surface area contributed by atoms with Crippen LogP contribution in [0, 0.1) is 6.92 Å². The van der Waals surface area contributed by atoms with Gasteiger partial charge in [-0.15, -0.1) is 0 Å². The van der Waals surface area contributed by atoms with Crippen molar-refractivity contribution in [2.45, 2.75) is 38.1 Å². The fourth-order valence-electron chi connectivity index (χ4n) is 2.28. The Morgan fingerprint density at radius 3 is 2.90 bits per heavy atom. The van der Waals surface area contributed by atoms with Crippen molar-refractivity contribution in [2.75, 3.05) is 19.6 Å². The first kappa shape index (κ1) is 15.2. The zero-order valence-electron chi connectivity index (χ0n) is 12.0. The third kappa shape index (κ3) is 3.11. The SMILES string of the molecule is CCCNCc1n[nH]c(C)c1S(=O)(=O)N1CC=CCC1. The van der Waals surface area contributed by atoms with Crippen LogP contribution in [-0.2, 0) is 16.6 Å². The second-order valence-corrected chi connectivity index (χ2v) is 6.80. The first-order valence-electron chi connectivity index (χ1n) is 6.97. The molecule has 0 fully saturated rings. The van der Waals surface area contributed by atoms with Gasteiger partial charge in [0, 0.05) is 19.6 Å². The van der Waals surface area contributed by atoms with Crippen LogP contribution in [0.3, 0.4) is 0 Å². The van der Waals surface area contributed by atoms with E-state index in [1.54, 1.807) is 6.92 Å². The third-order valence-electron chi connectivity index (χ3n) is 3.30. The molecule has 0 saturated carbocycles. The Bertz CT molecular complexity index is 577. The number of rotatable bonds is 6. The zero-order chi connectivity index (χ0) is 14.6. The lowest BCUT2D eigenvalue weighted by atomic mass is 10.3.